The van der Waals surface area contributed by atoms with Gasteiger partial charge in [-0.3, -0.25) is 0 Å². The van der Waals surface area contributed by atoms with E-state index in [9.17, 15) is 12.8 Å². The SMILES string of the molecule is CS(=O)(=O)N1CCC(c2cccc(F)c2)C1. The minimum atomic E-state index is -3.11. The highest BCUT2D eigenvalue weighted by Gasteiger charge is 2.29. The summed E-state index contributed by atoms with van der Waals surface area (Å²) in [6.07, 6.45) is 1.97. The lowest BCUT2D eigenvalue weighted by Crippen LogP contribution is -2.27. The first-order chi connectivity index (χ1) is 7.47. The van der Waals surface area contributed by atoms with Gasteiger partial charge in [-0.1, -0.05) is 12.1 Å². The van der Waals surface area contributed by atoms with Crippen LogP contribution in [0, 0.1) is 5.82 Å². The van der Waals surface area contributed by atoms with E-state index in [0.29, 0.717) is 13.1 Å². The molecule has 1 aromatic carbocycles. The molecule has 0 aliphatic carbocycles. The summed E-state index contributed by atoms with van der Waals surface area (Å²) in [5, 5.41) is 0. The van der Waals surface area contributed by atoms with Gasteiger partial charge in [0.25, 0.3) is 0 Å². The van der Waals surface area contributed by atoms with Gasteiger partial charge in [0.2, 0.25) is 10.0 Å². The van der Waals surface area contributed by atoms with E-state index in [4.69, 9.17) is 0 Å². The molecule has 0 N–H and O–H groups in total. The fourth-order valence-corrected chi connectivity index (χ4v) is 2.95. The monoisotopic (exact) mass is 243 g/mol. The Morgan fingerprint density at radius 3 is 2.75 bits per heavy atom. The molecular formula is C11H14FNO2S. The summed E-state index contributed by atoms with van der Waals surface area (Å²) >= 11 is 0. The maximum absolute atomic E-state index is 13.0. The van der Waals surface area contributed by atoms with Crippen molar-refractivity contribution in [3.63, 3.8) is 0 Å². The summed E-state index contributed by atoms with van der Waals surface area (Å²) in [5.74, 6) is -0.152. The molecule has 1 fully saturated rings. The van der Waals surface area contributed by atoms with Crippen LogP contribution in [0.5, 0.6) is 0 Å². The molecule has 0 spiro atoms. The summed E-state index contributed by atoms with van der Waals surface area (Å²) in [6.45, 7) is 0.988. The number of halogens is 1. The first-order valence-corrected chi connectivity index (χ1v) is 7.02. The van der Waals surface area contributed by atoms with Gasteiger partial charge in [-0.05, 0) is 30.0 Å². The molecule has 0 aromatic heterocycles. The molecule has 1 aromatic rings. The average molecular weight is 243 g/mol. The Morgan fingerprint density at radius 2 is 2.19 bits per heavy atom. The van der Waals surface area contributed by atoms with Gasteiger partial charge in [-0.2, -0.15) is 0 Å². The van der Waals surface area contributed by atoms with E-state index < -0.39 is 10.0 Å². The molecule has 3 nitrogen and oxygen atoms in total. The minimum absolute atomic E-state index is 0.116. The second kappa shape index (κ2) is 4.14. The first-order valence-electron chi connectivity index (χ1n) is 5.17. The van der Waals surface area contributed by atoms with Crippen LogP contribution in [-0.4, -0.2) is 32.1 Å². The molecule has 0 saturated carbocycles. The molecule has 0 amide bonds. The molecule has 1 aliphatic heterocycles. The van der Waals surface area contributed by atoms with Gasteiger partial charge in [0.1, 0.15) is 5.82 Å². The molecule has 88 valence electrons. The Morgan fingerprint density at radius 1 is 1.44 bits per heavy atom. The predicted molar refractivity (Wildman–Crippen MR) is 60.2 cm³/mol. The van der Waals surface area contributed by atoms with E-state index in [1.165, 1.54) is 22.7 Å². The van der Waals surface area contributed by atoms with E-state index in [-0.39, 0.29) is 11.7 Å². The topological polar surface area (TPSA) is 37.4 Å². The van der Waals surface area contributed by atoms with Crippen molar-refractivity contribution < 1.29 is 12.8 Å². The second-order valence-corrected chi connectivity index (χ2v) is 6.14. The Hall–Kier alpha value is -0.940. The van der Waals surface area contributed by atoms with Crippen LogP contribution in [0.25, 0.3) is 0 Å². The van der Waals surface area contributed by atoms with Gasteiger partial charge in [0, 0.05) is 13.1 Å². The molecule has 16 heavy (non-hydrogen) atoms. The predicted octanol–water partition coefficient (Wildman–Crippen LogP) is 1.57. The molecule has 1 heterocycles. The zero-order valence-electron chi connectivity index (χ0n) is 9.06. The van der Waals surface area contributed by atoms with E-state index in [1.807, 2.05) is 6.07 Å². The van der Waals surface area contributed by atoms with Crippen molar-refractivity contribution >= 4 is 10.0 Å². The van der Waals surface area contributed by atoms with E-state index in [2.05, 4.69) is 0 Å². The van der Waals surface area contributed by atoms with Crippen LogP contribution < -0.4 is 0 Å². The van der Waals surface area contributed by atoms with Gasteiger partial charge in [-0.25, -0.2) is 17.1 Å². The highest BCUT2D eigenvalue weighted by atomic mass is 32.2. The Kier molecular flexibility index (Phi) is 2.99. The summed E-state index contributed by atoms with van der Waals surface area (Å²) in [4.78, 5) is 0. The number of hydrogen-bond acceptors (Lipinski definition) is 2. The summed E-state index contributed by atoms with van der Waals surface area (Å²) < 4.78 is 37.1. The normalized spacial score (nSPS) is 22.5. The average Bonchev–Trinajstić information content (AvgIpc) is 2.65. The largest absolute Gasteiger partial charge is 0.213 e. The van der Waals surface area contributed by atoms with Crippen molar-refractivity contribution in [3.8, 4) is 0 Å². The van der Waals surface area contributed by atoms with E-state index in [0.717, 1.165) is 12.0 Å². The van der Waals surface area contributed by atoms with Crippen molar-refractivity contribution in [1.82, 2.24) is 4.31 Å². The lowest BCUT2D eigenvalue weighted by Gasteiger charge is -2.13. The molecule has 0 radical (unpaired) electrons. The molecule has 2 rings (SSSR count). The van der Waals surface area contributed by atoms with Crippen molar-refractivity contribution in [1.29, 1.82) is 0 Å². The summed E-state index contributed by atoms with van der Waals surface area (Å²) in [7, 11) is -3.11. The van der Waals surface area contributed by atoms with Crippen LogP contribution in [0.3, 0.4) is 0 Å². The molecular weight excluding hydrogens is 229 g/mol. The third-order valence-electron chi connectivity index (χ3n) is 2.94. The van der Waals surface area contributed by atoms with Crippen LogP contribution in [0.15, 0.2) is 24.3 Å². The second-order valence-electron chi connectivity index (χ2n) is 4.16. The van der Waals surface area contributed by atoms with Crippen molar-refractivity contribution in [2.24, 2.45) is 0 Å². The molecule has 1 saturated heterocycles. The van der Waals surface area contributed by atoms with Gasteiger partial charge < -0.3 is 0 Å². The Balaban J connectivity index is 2.15. The minimum Gasteiger partial charge on any atom is -0.213 e. The van der Waals surface area contributed by atoms with Crippen molar-refractivity contribution in [2.45, 2.75) is 12.3 Å². The molecule has 5 heteroatoms. The fourth-order valence-electron chi connectivity index (χ4n) is 2.06. The van der Waals surface area contributed by atoms with Crippen LogP contribution in [-0.2, 0) is 10.0 Å². The van der Waals surface area contributed by atoms with Gasteiger partial charge in [-0.15, -0.1) is 0 Å². The lowest BCUT2D eigenvalue weighted by atomic mass is 9.99. The summed E-state index contributed by atoms with van der Waals surface area (Å²) in [6, 6.07) is 6.39. The summed E-state index contributed by atoms with van der Waals surface area (Å²) in [5.41, 5.74) is 0.881. The third kappa shape index (κ3) is 2.41. The highest BCUT2D eigenvalue weighted by Crippen LogP contribution is 2.28. The standard InChI is InChI=1S/C11H14FNO2S/c1-16(14,15)13-6-5-10(8-13)9-3-2-4-11(12)7-9/h2-4,7,10H,5-6,8H2,1H3. The molecule has 0 bridgehead atoms. The number of benzene rings is 1. The lowest BCUT2D eigenvalue weighted by molar-refractivity contribution is 0.478. The highest BCUT2D eigenvalue weighted by molar-refractivity contribution is 7.88. The fraction of sp³-hybridized carbons (Fsp3) is 0.455. The van der Waals surface area contributed by atoms with Gasteiger partial charge >= 0.3 is 0 Å². The zero-order chi connectivity index (χ0) is 11.8. The smallest absolute Gasteiger partial charge is 0.211 e. The number of rotatable bonds is 2. The van der Waals surface area contributed by atoms with Crippen LogP contribution in [0.4, 0.5) is 4.39 Å². The van der Waals surface area contributed by atoms with Gasteiger partial charge in [0.05, 0.1) is 6.26 Å². The van der Waals surface area contributed by atoms with E-state index >= 15 is 0 Å². The number of hydrogen-bond donors (Lipinski definition) is 0. The van der Waals surface area contributed by atoms with Crippen molar-refractivity contribution in [2.75, 3.05) is 19.3 Å². The van der Waals surface area contributed by atoms with Crippen molar-refractivity contribution in [3.05, 3.63) is 35.6 Å². The quantitative estimate of drug-likeness (QED) is 0.790. The first kappa shape index (κ1) is 11.5. The maximum atomic E-state index is 13.0. The third-order valence-corrected chi connectivity index (χ3v) is 4.21. The van der Waals surface area contributed by atoms with Crippen LogP contribution in [0.2, 0.25) is 0 Å². The number of sulfonamides is 1. The molecule has 1 unspecified atom stereocenters. The van der Waals surface area contributed by atoms with E-state index in [1.54, 1.807) is 6.07 Å². The van der Waals surface area contributed by atoms with Crippen LogP contribution >= 0.6 is 0 Å². The Labute approximate surface area is 94.9 Å². The Bertz CT molecular complexity index is 487. The molecule has 1 aliphatic rings. The maximum Gasteiger partial charge on any atom is 0.211 e. The van der Waals surface area contributed by atoms with Crippen LogP contribution in [0.1, 0.15) is 17.9 Å². The molecule has 1 atom stereocenters. The number of nitrogens with zero attached hydrogens (tertiary/aromatic N) is 1. The van der Waals surface area contributed by atoms with Gasteiger partial charge in [0.15, 0.2) is 0 Å². The zero-order valence-corrected chi connectivity index (χ0v) is 9.87.